The molecular formula is C14H21N. The van der Waals surface area contributed by atoms with Crippen LogP contribution in [-0.4, -0.2) is 18.5 Å². The Morgan fingerprint density at radius 2 is 2.07 bits per heavy atom. The Kier molecular flexibility index (Phi) is 3.11. The molecule has 0 aliphatic heterocycles. The summed E-state index contributed by atoms with van der Waals surface area (Å²) < 4.78 is 0. The second-order valence-corrected chi connectivity index (χ2v) is 4.73. The predicted molar refractivity (Wildman–Crippen MR) is 65.0 cm³/mol. The molecule has 2 atom stereocenters. The van der Waals surface area contributed by atoms with Crippen molar-refractivity contribution in [3.63, 3.8) is 0 Å². The monoisotopic (exact) mass is 203 g/mol. The zero-order chi connectivity index (χ0) is 10.8. The normalized spacial score (nSPS) is 25.3. The van der Waals surface area contributed by atoms with Gasteiger partial charge in [-0.1, -0.05) is 38.1 Å². The van der Waals surface area contributed by atoms with Gasteiger partial charge >= 0.3 is 0 Å². The van der Waals surface area contributed by atoms with E-state index in [1.807, 2.05) is 0 Å². The van der Waals surface area contributed by atoms with Crippen LogP contribution in [0.3, 0.4) is 0 Å². The van der Waals surface area contributed by atoms with E-state index in [9.17, 15) is 0 Å². The van der Waals surface area contributed by atoms with Crippen LogP contribution in [0.1, 0.15) is 37.4 Å². The Labute approximate surface area is 93.1 Å². The molecule has 1 aliphatic carbocycles. The number of benzene rings is 1. The van der Waals surface area contributed by atoms with E-state index in [0.717, 1.165) is 12.5 Å². The van der Waals surface area contributed by atoms with E-state index in [1.54, 1.807) is 11.1 Å². The highest BCUT2D eigenvalue weighted by molar-refractivity contribution is 5.32. The molecule has 1 aromatic rings. The zero-order valence-corrected chi connectivity index (χ0v) is 10.0. The minimum atomic E-state index is 0.625. The molecule has 2 rings (SSSR count). The smallest absolute Gasteiger partial charge is 0.0373 e. The molecule has 1 aliphatic rings. The Balaban J connectivity index is 2.37. The molecule has 1 aromatic carbocycles. The zero-order valence-electron chi connectivity index (χ0n) is 10.0. The molecule has 0 aromatic heterocycles. The summed E-state index contributed by atoms with van der Waals surface area (Å²) in [6.07, 6.45) is 2.58. The van der Waals surface area contributed by atoms with Crippen LogP contribution in [0, 0.1) is 5.92 Å². The summed E-state index contributed by atoms with van der Waals surface area (Å²) in [4.78, 5) is 2.47. The van der Waals surface area contributed by atoms with Crippen LogP contribution < -0.4 is 0 Å². The van der Waals surface area contributed by atoms with E-state index >= 15 is 0 Å². The number of fused-ring (bicyclic) bond motifs is 1. The number of hydrogen-bond acceptors (Lipinski definition) is 1. The van der Waals surface area contributed by atoms with E-state index < -0.39 is 0 Å². The molecule has 15 heavy (non-hydrogen) atoms. The van der Waals surface area contributed by atoms with Crippen molar-refractivity contribution in [2.75, 3.05) is 13.6 Å². The van der Waals surface area contributed by atoms with Gasteiger partial charge in [-0.25, -0.2) is 0 Å². The van der Waals surface area contributed by atoms with Gasteiger partial charge in [-0.05, 0) is 43.5 Å². The van der Waals surface area contributed by atoms with Crippen molar-refractivity contribution in [3.8, 4) is 0 Å². The molecule has 82 valence electrons. The average Bonchev–Trinajstić information content (AvgIpc) is 2.28. The van der Waals surface area contributed by atoms with E-state index in [0.29, 0.717) is 6.04 Å². The summed E-state index contributed by atoms with van der Waals surface area (Å²) in [6, 6.07) is 9.56. The molecule has 0 heterocycles. The first-order chi connectivity index (χ1) is 7.24. The summed E-state index contributed by atoms with van der Waals surface area (Å²) in [5, 5.41) is 0. The van der Waals surface area contributed by atoms with Crippen molar-refractivity contribution >= 4 is 0 Å². The minimum Gasteiger partial charge on any atom is -0.299 e. The van der Waals surface area contributed by atoms with Gasteiger partial charge in [0, 0.05) is 6.04 Å². The second-order valence-electron chi connectivity index (χ2n) is 4.73. The van der Waals surface area contributed by atoms with Crippen molar-refractivity contribution in [1.29, 1.82) is 0 Å². The quantitative estimate of drug-likeness (QED) is 0.713. The van der Waals surface area contributed by atoms with Gasteiger partial charge in [-0.3, -0.25) is 4.90 Å². The van der Waals surface area contributed by atoms with Crippen LogP contribution in [0.25, 0.3) is 0 Å². The van der Waals surface area contributed by atoms with Crippen molar-refractivity contribution in [3.05, 3.63) is 35.4 Å². The number of nitrogens with zero attached hydrogens (tertiary/aromatic N) is 1. The number of hydrogen-bond donors (Lipinski definition) is 0. The van der Waals surface area contributed by atoms with Crippen molar-refractivity contribution in [2.24, 2.45) is 5.92 Å². The fraction of sp³-hybridized carbons (Fsp3) is 0.571. The number of rotatable bonds is 2. The molecule has 1 nitrogen and oxygen atoms in total. The molecule has 0 saturated carbocycles. The summed E-state index contributed by atoms with van der Waals surface area (Å²) in [5.74, 6) is 0.782. The third kappa shape index (κ3) is 1.93. The fourth-order valence-corrected chi connectivity index (χ4v) is 2.77. The molecule has 0 unspecified atom stereocenters. The average molecular weight is 203 g/mol. The van der Waals surface area contributed by atoms with Gasteiger partial charge in [-0.2, -0.15) is 0 Å². The minimum absolute atomic E-state index is 0.625. The van der Waals surface area contributed by atoms with Crippen LogP contribution in [0.4, 0.5) is 0 Å². The Bertz CT molecular complexity index is 332. The second kappa shape index (κ2) is 4.36. The van der Waals surface area contributed by atoms with Gasteiger partial charge in [0.2, 0.25) is 0 Å². The van der Waals surface area contributed by atoms with Crippen LogP contribution in [-0.2, 0) is 6.42 Å². The van der Waals surface area contributed by atoms with Crippen LogP contribution >= 0.6 is 0 Å². The molecule has 0 bridgehead atoms. The van der Waals surface area contributed by atoms with Crippen molar-refractivity contribution in [2.45, 2.75) is 32.7 Å². The molecular weight excluding hydrogens is 182 g/mol. The van der Waals surface area contributed by atoms with E-state index in [-0.39, 0.29) is 0 Å². The van der Waals surface area contributed by atoms with Crippen LogP contribution in [0.2, 0.25) is 0 Å². The maximum absolute atomic E-state index is 2.47. The van der Waals surface area contributed by atoms with Gasteiger partial charge in [0.15, 0.2) is 0 Å². The lowest BCUT2D eigenvalue weighted by Gasteiger charge is -2.37. The molecule has 0 fully saturated rings. The fourth-order valence-electron chi connectivity index (χ4n) is 2.77. The third-order valence-electron chi connectivity index (χ3n) is 3.76. The highest BCUT2D eigenvalue weighted by Crippen LogP contribution is 2.37. The van der Waals surface area contributed by atoms with Gasteiger partial charge < -0.3 is 0 Å². The lowest BCUT2D eigenvalue weighted by atomic mass is 9.80. The van der Waals surface area contributed by atoms with Crippen LogP contribution in [0.5, 0.6) is 0 Å². The summed E-state index contributed by atoms with van der Waals surface area (Å²) in [7, 11) is 2.24. The standard InChI is InChI=1S/C14H21N/c1-4-15(3)14-11(2)9-10-12-7-5-6-8-13(12)14/h5-8,11,14H,4,9-10H2,1-3H3/t11-,14+/m0/s1. The van der Waals surface area contributed by atoms with Crippen LogP contribution in [0.15, 0.2) is 24.3 Å². The Morgan fingerprint density at radius 1 is 1.33 bits per heavy atom. The van der Waals surface area contributed by atoms with E-state index in [2.05, 4.69) is 50.1 Å². The van der Waals surface area contributed by atoms with Crippen molar-refractivity contribution in [1.82, 2.24) is 4.90 Å². The lowest BCUT2D eigenvalue weighted by molar-refractivity contribution is 0.176. The first kappa shape index (κ1) is 10.7. The first-order valence-corrected chi connectivity index (χ1v) is 6.02. The molecule has 1 heteroatoms. The van der Waals surface area contributed by atoms with Gasteiger partial charge in [0.05, 0.1) is 0 Å². The van der Waals surface area contributed by atoms with Gasteiger partial charge in [0.25, 0.3) is 0 Å². The molecule has 0 amide bonds. The number of aryl methyl sites for hydroxylation is 1. The summed E-state index contributed by atoms with van der Waals surface area (Å²) in [6.45, 7) is 5.75. The summed E-state index contributed by atoms with van der Waals surface area (Å²) in [5.41, 5.74) is 3.11. The Hall–Kier alpha value is -0.820. The van der Waals surface area contributed by atoms with Gasteiger partial charge in [0.1, 0.15) is 0 Å². The molecule has 0 radical (unpaired) electrons. The highest BCUT2D eigenvalue weighted by Gasteiger charge is 2.28. The van der Waals surface area contributed by atoms with E-state index in [1.165, 1.54) is 12.8 Å². The lowest BCUT2D eigenvalue weighted by Crippen LogP contribution is -2.32. The van der Waals surface area contributed by atoms with Crippen molar-refractivity contribution < 1.29 is 0 Å². The predicted octanol–water partition coefficient (Wildman–Crippen LogP) is 3.26. The van der Waals surface area contributed by atoms with E-state index in [4.69, 9.17) is 0 Å². The molecule has 0 saturated heterocycles. The Morgan fingerprint density at radius 3 is 2.80 bits per heavy atom. The SMILES string of the molecule is CCN(C)[C@H]1c2ccccc2CC[C@@H]1C. The highest BCUT2D eigenvalue weighted by atomic mass is 15.1. The maximum Gasteiger partial charge on any atom is 0.0373 e. The maximum atomic E-state index is 2.47. The largest absolute Gasteiger partial charge is 0.299 e. The van der Waals surface area contributed by atoms with Gasteiger partial charge in [-0.15, -0.1) is 0 Å². The molecule has 0 N–H and O–H groups in total. The topological polar surface area (TPSA) is 3.24 Å². The summed E-state index contributed by atoms with van der Waals surface area (Å²) >= 11 is 0. The molecule has 0 spiro atoms. The first-order valence-electron chi connectivity index (χ1n) is 6.02. The third-order valence-corrected chi connectivity index (χ3v) is 3.76.